The molecule has 0 radical (unpaired) electrons. The number of halogens is 1. The quantitative estimate of drug-likeness (QED) is 0.493. The molecule has 2 fully saturated rings. The van der Waals surface area contributed by atoms with Crippen LogP contribution in [0.2, 0.25) is 5.02 Å². The number of carbonyl (C=O) groups is 1. The van der Waals surface area contributed by atoms with Crippen LogP contribution in [0, 0.1) is 12.8 Å². The zero-order chi connectivity index (χ0) is 25.7. The van der Waals surface area contributed by atoms with Crippen LogP contribution in [-0.2, 0) is 33.0 Å². The molecule has 0 N–H and O–H groups in total. The van der Waals surface area contributed by atoms with Gasteiger partial charge in [-0.3, -0.25) is 14.4 Å². The van der Waals surface area contributed by atoms with Crippen LogP contribution in [0.1, 0.15) is 52.5 Å². The average Bonchev–Trinajstić information content (AvgIpc) is 3.14. The monoisotopic (exact) mass is 555 g/mol. The smallest absolute Gasteiger partial charge is 0.226 e. The summed E-state index contributed by atoms with van der Waals surface area (Å²) in [5, 5.41) is 10.7. The summed E-state index contributed by atoms with van der Waals surface area (Å²) >= 11 is 8.41. The van der Waals surface area contributed by atoms with E-state index in [0.29, 0.717) is 24.3 Å². The Labute approximate surface area is 224 Å². The first-order valence-corrected chi connectivity index (χ1v) is 15.6. The maximum absolute atomic E-state index is 13.5. The average molecular weight is 556 g/mol. The van der Waals surface area contributed by atoms with E-state index in [-0.39, 0.29) is 29.4 Å². The van der Waals surface area contributed by atoms with Crippen molar-refractivity contribution in [3.05, 3.63) is 62.5 Å². The third-order valence-electron chi connectivity index (χ3n) is 8.27. The molecule has 4 aliphatic rings. The Morgan fingerprint density at radius 2 is 2.00 bits per heavy atom. The van der Waals surface area contributed by atoms with Gasteiger partial charge in [0.2, 0.25) is 5.91 Å². The summed E-state index contributed by atoms with van der Waals surface area (Å²) in [6, 6.07) is 7.55. The second-order valence-corrected chi connectivity index (χ2v) is 14.4. The van der Waals surface area contributed by atoms with E-state index in [1.165, 1.54) is 4.88 Å². The van der Waals surface area contributed by atoms with Crippen LogP contribution in [0.3, 0.4) is 0 Å². The van der Waals surface area contributed by atoms with Gasteiger partial charge in [-0.15, -0.1) is 21.5 Å². The number of benzene rings is 1. The molecule has 0 bridgehead atoms. The fraction of sp³-hybridized carbons (Fsp3) is 0.462. The van der Waals surface area contributed by atoms with Gasteiger partial charge in [0, 0.05) is 40.0 Å². The molecule has 2 aliphatic carbocycles. The van der Waals surface area contributed by atoms with Crippen molar-refractivity contribution in [1.82, 2.24) is 19.7 Å². The van der Waals surface area contributed by atoms with Crippen LogP contribution >= 0.6 is 22.9 Å². The van der Waals surface area contributed by atoms with Crippen LogP contribution in [0.15, 0.2) is 29.3 Å². The molecule has 1 spiro atoms. The first kappa shape index (κ1) is 23.5. The van der Waals surface area contributed by atoms with E-state index in [9.17, 15) is 13.2 Å². The van der Waals surface area contributed by atoms with Crippen molar-refractivity contribution in [3.8, 4) is 5.00 Å². The summed E-state index contributed by atoms with van der Waals surface area (Å²) in [5.41, 5.74) is 3.52. The number of fused-ring (bicyclic) bond motifs is 6. The van der Waals surface area contributed by atoms with Crippen LogP contribution in [-0.4, -0.2) is 64.3 Å². The Kier molecular flexibility index (Phi) is 5.07. The second-order valence-electron chi connectivity index (χ2n) is 10.7. The Balaban J connectivity index is 1.32. The Hall–Kier alpha value is -2.56. The maximum Gasteiger partial charge on any atom is 0.226 e. The van der Waals surface area contributed by atoms with Gasteiger partial charge in [-0.05, 0) is 50.7 Å². The maximum atomic E-state index is 13.5. The molecule has 2 aromatic heterocycles. The number of carbonyl (C=O) groups excluding carboxylic acids is 1. The molecule has 7 rings (SSSR count). The fourth-order valence-electron chi connectivity index (χ4n) is 6.07. The van der Waals surface area contributed by atoms with Crippen molar-refractivity contribution in [3.63, 3.8) is 0 Å². The lowest BCUT2D eigenvalue weighted by molar-refractivity contribution is -0.135. The second kappa shape index (κ2) is 7.97. The minimum Gasteiger partial charge on any atom is -0.341 e. The number of aliphatic imine (C=N–C) groups is 1. The van der Waals surface area contributed by atoms with Gasteiger partial charge < -0.3 is 4.90 Å². The van der Waals surface area contributed by atoms with E-state index in [1.807, 2.05) is 31.2 Å². The van der Waals surface area contributed by atoms with Crippen molar-refractivity contribution in [2.24, 2.45) is 10.9 Å². The standard InChI is InChI=1S/C26H26ClN5O3S2/c1-14-29-30-25-26(8-9-26)28-22(17-5-3-4-6-19(17)27)21-18-11-15(12-20(18)36-24(21)32(14)25)23(33)31(2)16-7-10-37(34,35)13-16/h3-6,15-16H,7-13H2,1-2H3/t15-,16?/m0/s1. The van der Waals surface area contributed by atoms with Crippen molar-refractivity contribution >= 4 is 44.4 Å². The van der Waals surface area contributed by atoms with Crippen LogP contribution in [0.25, 0.3) is 5.00 Å². The van der Waals surface area contributed by atoms with Gasteiger partial charge in [0.15, 0.2) is 15.7 Å². The highest BCUT2D eigenvalue weighted by atomic mass is 35.5. The normalized spacial score (nSPS) is 24.2. The molecule has 1 saturated heterocycles. The predicted molar refractivity (Wildman–Crippen MR) is 143 cm³/mol. The lowest BCUT2D eigenvalue weighted by atomic mass is 9.97. The number of hydrogen-bond acceptors (Lipinski definition) is 7. The highest BCUT2D eigenvalue weighted by molar-refractivity contribution is 7.91. The molecular formula is C26H26ClN5O3S2. The highest BCUT2D eigenvalue weighted by Gasteiger charge is 2.52. The number of thiophene rings is 1. The molecule has 3 aromatic rings. The minimum atomic E-state index is -3.07. The van der Waals surface area contributed by atoms with E-state index >= 15 is 0 Å². The summed E-state index contributed by atoms with van der Waals surface area (Å²) in [4.78, 5) is 21.7. The van der Waals surface area contributed by atoms with Crippen LogP contribution in [0.4, 0.5) is 0 Å². The summed E-state index contributed by atoms with van der Waals surface area (Å²) in [6.45, 7) is 1.97. The first-order valence-electron chi connectivity index (χ1n) is 12.6. The van der Waals surface area contributed by atoms with E-state index in [2.05, 4.69) is 14.8 Å². The van der Waals surface area contributed by atoms with Crippen LogP contribution in [0.5, 0.6) is 0 Å². The Morgan fingerprint density at radius 1 is 1.22 bits per heavy atom. The summed E-state index contributed by atoms with van der Waals surface area (Å²) in [5.74, 6) is 1.72. The molecule has 2 aliphatic heterocycles. The lowest BCUT2D eigenvalue weighted by Gasteiger charge is -2.26. The van der Waals surface area contributed by atoms with Gasteiger partial charge >= 0.3 is 0 Å². The van der Waals surface area contributed by atoms with Gasteiger partial charge in [0.25, 0.3) is 0 Å². The van der Waals surface area contributed by atoms with Crippen molar-refractivity contribution < 1.29 is 13.2 Å². The topological polar surface area (TPSA) is 97.5 Å². The van der Waals surface area contributed by atoms with E-state index in [1.54, 1.807) is 23.3 Å². The molecule has 4 heterocycles. The zero-order valence-corrected chi connectivity index (χ0v) is 23.0. The minimum absolute atomic E-state index is 0.0175. The van der Waals surface area contributed by atoms with E-state index in [4.69, 9.17) is 16.6 Å². The number of rotatable bonds is 3. The van der Waals surface area contributed by atoms with E-state index in [0.717, 1.165) is 51.9 Å². The lowest BCUT2D eigenvalue weighted by Crippen LogP contribution is -2.41. The van der Waals surface area contributed by atoms with Gasteiger partial charge in [-0.25, -0.2) is 8.42 Å². The largest absolute Gasteiger partial charge is 0.341 e. The molecule has 192 valence electrons. The highest BCUT2D eigenvalue weighted by Crippen LogP contribution is 2.54. The Bertz CT molecular complexity index is 1620. The summed E-state index contributed by atoms with van der Waals surface area (Å²) < 4.78 is 26.2. The molecule has 11 heteroatoms. The van der Waals surface area contributed by atoms with Gasteiger partial charge in [0.05, 0.1) is 17.2 Å². The van der Waals surface area contributed by atoms with Gasteiger partial charge in [-0.2, -0.15) is 0 Å². The molecule has 1 aromatic carbocycles. The molecule has 1 unspecified atom stereocenters. The molecule has 37 heavy (non-hydrogen) atoms. The molecule has 2 atom stereocenters. The fourth-order valence-corrected chi connectivity index (χ4v) is 9.53. The zero-order valence-electron chi connectivity index (χ0n) is 20.6. The number of nitrogens with zero attached hydrogens (tertiary/aromatic N) is 5. The Morgan fingerprint density at radius 3 is 2.70 bits per heavy atom. The number of aryl methyl sites for hydroxylation is 1. The van der Waals surface area contributed by atoms with Crippen LogP contribution < -0.4 is 0 Å². The van der Waals surface area contributed by atoms with Gasteiger partial charge in [-0.1, -0.05) is 29.8 Å². The van der Waals surface area contributed by atoms with Crippen molar-refractivity contribution in [2.45, 2.75) is 50.6 Å². The molecule has 1 saturated carbocycles. The summed E-state index contributed by atoms with van der Waals surface area (Å²) in [6.07, 6.45) is 3.55. The molecule has 8 nitrogen and oxygen atoms in total. The predicted octanol–water partition coefficient (Wildman–Crippen LogP) is 3.49. The SMILES string of the molecule is Cc1nnc2n1-c1sc3c(c1C(c1ccccc1Cl)=NC21CC1)C[C@H](C(=O)N(C)C1CCS(=O)(=O)C1)C3. The van der Waals surface area contributed by atoms with E-state index < -0.39 is 15.4 Å². The molecular weight excluding hydrogens is 530 g/mol. The van der Waals surface area contributed by atoms with Gasteiger partial charge in [0.1, 0.15) is 16.4 Å². The number of aromatic nitrogens is 3. The number of sulfone groups is 1. The number of hydrogen-bond donors (Lipinski definition) is 0. The third kappa shape index (κ3) is 3.55. The van der Waals surface area contributed by atoms with Crippen molar-refractivity contribution in [1.29, 1.82) is 0 Å². The summed E-state index contributed by atoms with van der Waals surface area (Å²) in [7, 11) is -1.31. The first-order chi connectivity index (χ1) is 17.7. The molecule has 1 amide bonds. The third-order valence-corrected chi connectivity index (χ3v) is 11.6. The number of amides is 1. The van der Waals surface area contributed by atoms with Crippen molar-refractivity contribution in [2.75, 3.05) is 18.6 Å².